The number of anilines is 1. The van der Waals surface area contributed by atoms with E-state index in [9.17, 15) is 13.2 Å². The number of methoxy groups -OCH3 is 1. The van der Waals surface area contributed by atoms with Crippen LogP contribution < -0.4 is 4.72 Å². The Bertz CT molecular complexity index is 1440. The molecule has 35 heavy (non-hydrogen) atoms. The fourth-order valence-electron chi connectivity index (χ4n) is 4.60. The number of benzene rings is 2. The predicted molar refractivity (Wildman–Crippen MR) is 130 cm³/mol. The number of nitrogens with one attached hydrogen (secondary N) is 1. The van der Waals surface area contributed by atoms with E-state index in [2.05, 4.69) is 4.72 Å². The molecule has 186 valence electrons. The van der Waals surface area contributed by atoms with Crippen molar-refractivity contribution >= 4 is 44.4 Å². The number of sulfonamides is 1. The Kier molecular flexibility index (Phi) is 6.10. The summed E-state index contributed by atoms with van der Waals surface area (Å²) in [5.41, 5.74) is 2.91. The van der Waals surface area contributed by atoms with Gasteiger partial charge in [-0.2, -0.15) is 0 Å². The van der Waals surface area contributed by atoms with Crippen LogP contribution in [-0.4, -0.2) is 67.6 Å². The van der Waals surface area contributed by atoms with Crippen LogP contribution in [0.4, 0.5) is 14.9 Å². The Morgan fingerprint density at radius 2 is 2.17 bits per heavy atom. The third-order valence-electron chi connectivity index (χ3n) is 6.29. The Balaban J connectivity index is 1.61. The van der Waals surface area contributed by atoms with Crippen LogP contribution >= 0.6 is 11.6 Å². The highest BCUT2D eigenvalue weighted by molar-refractivity contribution is 7.92. The van der Waals surface area contributed by atoms with Gasteiger partial charge in [-0.3, -0.25) is 4.72 Å². The highest BCUT2D eigenvalue weighted by Crippen LogP contribution is 2.39. The Morgan fingerprint density at radius 3 is 2.94 bits per heavy atom. The number of carbonyl (C=O) groups is 1. The molecule has 1 amide bonds. The number of ether oxygens (including phenoxy) is 2. The van der Waals surface area contributed by atoms with Crippen molar-refractivity contribution in [3.63, 3.8) is 0 Å². The molecule has 0 radical (unpaired) electrons. The molecule has 1 atom stereocenters. The molecule has 1 fully saturated rings. The molecule has 0 bridgehead atoms. The molecule has 2 aromatic carbocycles. The summed E-state index contributed by atoms with van der Waals surface area (Å²) in [6.45, 7) is 3.30. The van der Waals surface area contributed by atoms with Gasteiger partial charge in [0, 0.05) is 12.1 Å². The van der Waals surface area contributed by atoms with Gasteiger partial charge in [0.25, 0.3) is 0 Å². The number of fused-ring (bicyclic) bond motifs is 2. The zero-order valence-electron chi connectivity index (χ0n) is 19.2. The number of amides is 1. The fourth-order valence-corrected chi connectivity index (χ4v) is 5.97. The number of nitrogens with zero attached hydrogens (tertiary/aromatic N) is 3. The first-order valence-electron chi connectivity index (χ1n) is 11.1. The number of aromatic nitrogens is 2. The molecule has 3 aromatic rings. The van der Waals surface area contributed by atoms with Gasteiger partial charge in [-0.25, -0.2) is 22.6 Å². The van der Waals surface area contributed by atoms with Crippen molar-refractivity contribution < 1.29 is 27.1 Å². The van der Waals surface area contributed by atoms with E-state index in [0.29, 0.717) is 37.6 Å². The highest BCUT2D eigenvalue weighted by atomic mass is 35.5. The molecule has 1 saturated heterocycles. The second kappa shape index (κ2) is 8.96. The van der Waals surface area contributed by atoms with Crippen molar-refractivity contribution in [2.75, 3.05) is 37.3 Å². The van der Waals surface area contributed by atoms with E-state index in [-0.39, 0.29) is 40.1 Å². The predicted octanol–water partition coefficient (Wildman–Crippen LogP) is 3.57. The summed E-state index contributed by atoms with van der Waals surface area (Å²) in [5, 5.41) is 0.0416. The Morgan fingerprint density at radius 1 is 1.37 bits per heavy atom. The zero-order chi connectivity index (χ0) is 24.9. The first-order chi connectivity index (χ1) is 16.7. The summed E-state index contributed by atoms with van der Waals surface area (Å²) >= 11 is 6.52. The van der Waals surface area contributed by atoms with Gasteiger partial charge in [-0.05, 0) is 37.1 Å². The SMILES string of the molecule is COC(=O)N1CCO[C@@H](Cn2c(-c3c(Cl)cc4c(c3F)CCS(=O)(=O)N4)nc3cc(C)ccc32)C1. The molecule has 2 aliphatic heterocycles. The van der Waals surface area contributed by atoms with Crippen LogP contribution in [0, 0.1) is 12.7 Å². The number of rotatable bonds is 3. The minimum absolute atomic E-state index is 0.0276. The molecule has 2 aliphatic rings. The second-order valence-electron chi connectivity index (χ2n) is 8.69. The van der Waals surface area contributed by atoms with Gasteiger partial charge in [0.2, 0.25) is 10.0 Å². The number of aryl methyl sites for hydroxylation is 1. The van der Waals surface area contributed by atoms with Gasteiger partial charge in [0.15, 0.2) is 0 Å². The minimum Gasteiger partial charge on any atom is -0.453 e. The monoisotopic (exact) mass is 522 g/mol. The average Bonchev–Trinajstić information content (AvgIpc) is 3.14. The molecule has 0 unspecified atom stereocenters. The molecule has 0 spiro atoms. The van der Waals surface area contributed by atoms with E-state index in [1.165, 1.54) is 13.2 Å². The molecule has 1 aromatic heterocycles. The van der Waals surface area contributed by atoms with E-state index in [4.69, 9.17) is 26.1 Å². The molecular formula is C23H24ClFN4O5S. The smallest absolute Gasteiger partial charge is 0.409 e. The molecular weight excluding hydrogens is 499 g/mol. The van der Waals surface area contributed by atoms with Crippen molar-refractivity contribution in [3.8, 4) is 11.4 Å². The summed E-state index contributed by atoms with van der Waals surface area (Å²) in [6, 6.07) is 7.17. The van der Waals surface area contributed by atoms with Crippen LogP contribution in [0.3, 0.4) is 0 Å². The number of morpholine rings is 1. The van der Waals surface area contributed by atoms with Crippen LogP contribution in [0.5, 0.6) is 0 Å². The van der Waals surface area contributed by atoms with Crippen LogP contribution in [-0.2, 0) is 32.5 Å². The lowest BCUT2D eigenvalue weighted by molar-refractivity contribution is -0.0310. The first kappa shape index (κ1) is 23.8. The summed E-state index contributed by atoms with van der Waals surface area (Å²) in [7, 11) is -2.20. The van der Waals surface area contributed by atoms with Crippen molar-refractivity contribution in [1.29, 1.82) is 0 Å². The highest BCUT2D eigenvalue weighted by Gasteiger charge is 2.31. The van der Waals surface area contributed by atoms with Crippen molar-refractivity contribution in [1.82, 2.24) is 14.5 Å². The van der Waals surface area contributed by atoms with Gasteiger partial charge in [-0.1, -0.05) is 17.7 Å². The van der Waals surface area contributed by atoms with Crippen LogP contribution in [0.25, 0.3) is 22.4 Å². The number of halogens is 2. The largest absolute Gasteiger partial charge is 0.453 e. The fraction of sp³-hybridized carbons (Fsp3) is 0.391. The number of hydrogen-bond acceptors (Lipinski definition) is 6. The lowest BCUT2D eigenvalue weighted by Gasteiger charge is -2.32. The quantitative estimate of drug-likeness (QED) is 0.564. The number of carbonyl (C=O) groups excluding carboxylic acids is 1. The topological polar surface area (TPSA) is 103 Å². The van der Waals surface area contributed by atoms with E-state index in [1.54, 1.807) is 4.90 Å². The van der Waals surface area contributed by atoms with E-state index in [1.807, 2.05) is 29.7 Å². The molecule has 1 N–H and O–H groups in total. The van der Waals surface area contributed by atoms with Crippen molar-refractivity contribution in [3.05, 3.63) is 46.2 Å². The normalized spacial score (nSPS) is 19.3. The second-order valence-corrected chi connectivity index (χ2v) is 10.9. The van der Waals surface area contributed by atoms with Gasteiger partial charge >= 0.3 is 6.09 Å². The third-order valence-corrected chi connectivity index (χ3v) is 7.86. The first-order valence-corrected chi connectivity index (χ1v) is 13.1. The van der Waals surface area contributed by atoms with Gasteiger partial charge in [0.05, 0.1) is 66.0 Å². The van der Waals surface area contributed by atoms with Crippen LogP contribution in [0.1, 0.15) is 11.1 Å². The maximum Gasteiger partial charge on any atom is 0.409 e. The number of hydrogen-bond donors (Lipinski definition) is 1. The van der Waals surface area contributed by atoms with E-state index < -0.39 is 21.9 Å². The lowest BCUT2D eigenvalue weighted by Crippen LogP contribution is -2.47. The standard InChI is InChI=1S/C23H24ClFN4O5S/c1-13-3-4-19-18(9-13)26-22(29(19)12-14-11-28(6-7-34-14)23(30)33-2)20-16(24)10-17-15(21(20)25)5-8-35(31,32)27-17/h3-4,9-10,14,27H,5-8,11-12H2,1-2H3/t14-/m1/s1. The molecule has 0 aliphatic carbocycles. The lowest BCUT2D eigenvalue weighted by atomic mass is 10.0. The van der Waals surface area contributed by atoms with E-state index in [0.717, 1.165) is 11.1 Å². The Labute approximate surface area is 206 Å². The Hall–Kier alpha value is -2.89. The molecule has 0 saturated carbocycles. The van der Waals surface area contributed by atoms with Gasteiger partial charge in [-0.15, -0.1) is 0 Å². The van der Waals surface area contributed by atoms with Crippen molar-refractivity contribution in [2.45, 2.75) is 26.0 Å². The van der Waals surface area contributed by atoms with Crippen LogP contribution in [0.15, 0.2) is 24.3 Å². The molecule has 9 nitrogen and oxygen atoms in total. The van der Waals surface area contributed by atoms with Crippen molar-refractivity contribution in [2.24, 2.45) is 0 Å². The minimum atomic E-state index is -3.53. The summed E-state index contributed by atoms with van der Waals surface area (Å²) in [5.74, 6) is -0.514. The number of imidazole rings is 1. The molecule has 3 heterocycles. The molecule has 12 heteroatoms. The summed E-state index contributed by atoms with van der Waals surface area (Å²) < 4.78 is 54.8. The maximum atomic E-state index is 15.9. The van der Waals surface area contributed by atoms with E-state index >= 15 is 4.39 Å². The van der Waals surface area contributed by atoms with Gasteiger partial charge in [0.1, 0.15) is 11.6 Å². The van der Waals surface area contributed by atoms with Crippen LogP contribution in [0.2, 0.25) is 5.02 Å². The molecule has 5 rings (SSSR count). The van der Waals surface area contributed by atoms with Gasteiger partial charge < -0.3 is 18.9 Å². The summed E-state index contributed by atoms with van der Waals surface area (Å²) in [6.07, 6.45) is -0.790. The summed E-state index contributed by atoms with van der Waals surface area (Å²) in [4.78, 5) is 18.3. The zero-order valence-corrected chi connectivity index (χ0v) is 20.7. The third kappa shape index (κ3) is 4.43. The average molecular weight is 523 g/mol. The maximum absolute atomic E-state index is 15.9.